The maximum atomic E-state index is 12.3. The second-order valence-electron chi connectivity index (χ2n) is 4.46. The lowest BCUT2D eigenvalue weighted by atomic mass is 10.4. The topological polar surface area (TPSA) is 23.1 Å². The number of rotatable bonds is 3. The predicted octanol–water partition coefficient (Wildman–Crippen LogP) is 1.79. The molecular formula is C9H15NO. The molecule has 0 radical (unpaired) electrons. The Hall–Kier alpha value is -0.0800. The second kappa shape index (κ2) is 1.80. The van der Waals surface area contributed by atoms with Crippen molar-refractivity contribution >= 4 is 0 Å². The summed E-state index contributed by atoms with van der Waals surface area (Å²) in [4.78, 5) is 0. The molecule has 0 N–H and O–H groups in total. The van der Waals surface area contributed by atoms with Crippen molar-refractivity contribution < 1.29 is 4.65 Å². The van der Waals surface area contributed by atoms with Crippen LogP contribution in [0.15, 0.2) is 0 Å². The molecule has 0 aromatic heterocycles. The SMILES string of the molecule is [O-][N+](C1CC1)(C1CC1)C1CC1. The van der Waals surface area contributed by atoms with E-state index in [4.69, 9.17) is 0 Å². The normalized spacial score (nSPS) is 32.5. The third-order valence-corrected chi connectivity index (χ3v) is 3.35. The van der Waals surface area contributed by atoms with Crippen LogP contribution in [0.25, 0.3) is 0 Å². The van der Waals surface area contributed by atoms with Gasteiger partial charge in [-0.1, -0.05) is 0 Å². The van der Waals surface area contributed by atoms with Gasteiger partial charge in [0.05, 0.1) is 18.1 Å². The van der Waals surface area contributed by atoms with E-state index < -0.39 is 0 Å². The number of quaternary nitrogens is 1. The van der Waals surface area contributed by atoms with E-state index in [1.807, 2.05) is 0 Å². The van der Waals surface area contributed by atoms with Crippen molar-refractivity contribution in [3.63, 3.8) is 0 Å². The molecule has 3 fully saturated rings. The summed E-state index contributed by atoms with van der Waals surface area (Å²) in [7, 11) is 0. The molecule has 3 aliphatic carbocycles. The first-order chi connectivity index (χ1) is 5.32. The summed E-state index contributed by atoms with van der Waals surface area (Å²) in [5.74, 6) is 0. The van der Waals surface area contributed by atoms with Crippen molar-refractivity contribution in [2.45, 2.75) is 56.7 Å². The van der Waals surface area contributed by atoms with Crippen LogP contribution in [0.1, 0.15) is 38.5 Å². The average Bonchev–Trinajstić information content (AvgIpc) is 2.81. The summed E-state index contributed by atoms with van der Waals surface area (Å²) in [6.07, 6.45) is 7.31. The molecule has 0 amide bonds. The van der Waals surface area contributed by atoms with Gasteiger partial charge in [-0.25, -0.2) is 0 Å². The highest BCUT2D eigenvalue weighted by Gasteiger charge is 2.55. The zero-order valence-corrected chi connectivity index (χ0v) is 6.83. The van der Waals surface area contributed by atoms with Crippen molar-refractivity contribution in [3.05, 3.63) is 5.21 Å². The zero-order chi connectivity index (χ0) is 7.47. The minimum absolute atomic E-state index is 0.250. The molecule has 3 aliphatic rings. The van der Waals surface area contributed by atoms with Gasteiger partial charge in [-0.2, -0.15) is 0 Å². The molecule has 0 aromatic carbocycles. The summed E-state index contributed by atoms with van der Waals surface area (Å²) in [5.41, 5.74) is 0. The van der Waals surface area contributed by atoms with Crippen LogP contribution in [0.4, 0.5) is 0 Å². The fourth-order valence-corrected chi connectivity index (χ4v) is 2.33. The maximum Gasteiger partial charge on any atom is 0.0896 e. The lowest BCUT2D eigenvalue weighted by Gasteiger charge is -2.44. The Morgan fingerprint density at radius 1 is 0.727 bits per heavy atom. The van der Waals surface area contributed by atoms with Gasteiger partial charge in [0.15, 0.2) is 0 Å². The van der Waals surface area contributed by atoms with E-state index in [2.05, 4.69) is 0 Å². The van der Waals surface area contributed by atoms with Crippen molar-refractivity contribution in [2.75, 3.05) is 0 Å². The number of hydroxylamine groups is 3. The van der Waals surface area contributed by atoms with E-state index >= 15 is 0 Å². The van der Waals surface area contributed by atoms with Crippen LogP contribution in [-0.4, -0.2) is 22.8 Å². The molecule has 0 unspecified atom stereocenters. The van der Waals surface area contributed by atoms with Crippen molar-refractivity contribution in [3.8, 4) is 0 Å². The standard InChI is InChI=1S/C9H15NO/c11-10(7-1-2-7,8-3-4-8)9-5-6-9/h7-9H,1-6H2. The smallest absolute Gasteiger partial charge is 0.0896 e. The molecule has 3 saturated carbocycles. The monoisotopic (exact) mass is 153 g/mol. The first kappa shape index (κ1) is 6.44. The van der Waals surface area contributed by atoms with Crippen LogP contribution >= 0.6 is 0 Å². The number of hydrogen-bond donors (Lipinski definition) is 0. The summed E-state index contributed by atoms with van der Waals surface area (Å²) >= 11 is 0. The van der Waals surface area contributed by atoms with E-state index in [-0.39, 0.29) is 4.65 Å². The van der Waals surface area contributed by atoms with E-state index in [1.54, 1.807) is 0 Å². The molecule has 0 heterocycles. The van der Waals surface area contributed by atoms with Gasteiger partial charge in [0.2, 0.25) is 0 Å². The van der Waals surface area contributed by atoms with Gasteiger partial charge in [0.1, 0.15) is 0 Å². The summed E-state index contributed by atoms with van der Waals surface area (Å²) in [5, 5.41) is 12.3. The van der Waals surface area contributed by atoms with Crippen LogP contribution in [-0.2, 0) is 0 Å². The van der Waals surface area contributed by atoms with Crippen LogP contribution in [0.3, 0.4) is 0 Å². The third kappa shape index (κ3) is 0.859. The largest absolute Gasteiger partial charge is 0.632 e. The summed E-state index contributed by atoms with van der Waals surface area (Å²) < 4.78 is 0.250. The van der Waals surface area contributed by atoms with Gasteiger partial charge >= 0.3 is 0 Å². The summed E-state index contributed by atoms with van der Waals surface area (Å²) in [6.45, 7) is 0. The molecule has 2 heteroatoms. The Balaban J connectivity index is 1.82. The highest BCUT2D eigenvalue weighted by Crippen LogP contribution is 2.51. The van der Waals surface area contributed by atoms with Crippen molar-refractivity contribution in [2.24, 2.45) is 0 Å². The molecule has 2 nitrogen and oxygen atoms in total. The number of nitrogens with zero attached hydrogens (tertiary/aromatic N) is 1. The first-order valence-corrected chi connectivity index (χ1v) is 4.91. The molecule has 0 spiro atoms. The van der Waals surface area contributed by atoms with Crippen LogP contribution < -0.4 is 0 Å². The van der Waals surface area contributed by atoms with Crippen LogP contribution in [0.5, 0.6) is 0 Å². The lowest BCUT2D eigenvalue weighted by Crippen LogP contribution is -2.48. The lowest BCUT2D eigenvalue weighted by molar-refractivity contribution is -0.912. The Kier molecular flexibility index (Phi) is 1.06. The highest BCUT2D eigenvalue weighted by atomic mass is 16.6. The Labute approximate surface area is 67.4 Å². The zero-order valence-electron chi connectivity index (χ0n) is 6.83. The molecule has 0 aromatic rings. The van der Waals surface area contributed by atoms with E-state index in [0.29, 0.717) is 18.1 Å². The van der Waals surface area contributed by atoms with Gasteiger partial charge in [0.25, 0.3) is 0 Å². The minimum atomic E-state index is 0.250. The first-order valence-electron chi connectivity index (χ1n) is 4.91. The number of hydrogen-bond acceptors (Lipinski definition) is 1. The molecule has 11 heavy (non-hydrogen) atoms. The van der Waals surface area contributed by atoms with Crippen LogP contribution in [0, 0.1) is 5.21 Å². The molecule has 3 rings (SSSR count). The molecule has 0 aliphatic heterocycles. The van der Waals surface area contributed by atoms with Gasteiger partial charge in [-0.15, -0.1) is 0 Å². The Bertz CT molecular complexity index is 149. The Morgan fingerprint density at radius 3 is 1.18 bits per heavy atom. The molecule has 62 valence electrons. The van der Waals surface area contributed by atoms with Gasteiger partial charge in [-0.3, -0.25) is 0 Å². The molecule has 0 bridgehead atoms. The van der Waals surface area contributed by atoms with E-state index in [1.165, 1.54) is 38.5 Å². The fraction of sp³-hybridized carbons (Fsp3) is 1.00. The van der Waals surface area contributed by atoms with Gasteiger partial charge in [0, 0.05) is 38.5 Å². The molecule has 0 atom stereocenters. The van der Waals surface area contributed by atoms with E-state index in [0.717, 1.165) is 0 Å². The second-order valence-corrected chi connectivity index (χ2v) is 4.46. The molecule has 0 saturated heterocycles. The quantitative estimate of drug-likeness (QED) is 0.448. The third-order valence-electron chi connectivity index (χ3n) is 3.35. The van der Waals surface area contributed by atoms with Gasteiger partial charge < -0.3 is 9.85 Å². The van der Waals surface area contributed by atoms with Crippen LogP contribution in [0.2, 0.25) is 0 Å². The molecular weight excluding hydrogens is 138 g/mol. The summed E-state index contributed by atoms with van der Waals surface area (Å²) in [6, 6.07) is 1.61. The predicted molar refractivity (Wildman–Crippen MR) is 42.7 cm³/mol. The van der Waals surface area contributed by atoms with E-state index in [9.17, 15) is 5.21 Å². The Morgan fingerprint density at radius 2 is 1.00 bits per heavy atom. The van der Waals surface area contributed by atoms with Crippen molar-refractivity contribution in [1.29, 1.82) is 0 Å². The van der Waals surface area contributed by atoms with Crippen molar-refractivity contribution in [1.82, 2.24) is 0 Å². The fourth-order valence-electron chi connectivity index (χ4n) is 2.33. The minimum Gasteiger partial charge on any atom is -0.632 e. The van der Waals surface area contributed by atoms with Gasteiger partial charge in [-0.05, 0) is 0 Å². The average molecular weight is 153 g/mol. The highest BCUT2D eigenvalue weighted by molar-refractivity contribution is 4.91. The maximum absolute atomic E-state index is 12.3.